The lowest BCUT2D eigenvalue weighted by atomic mass is 10.1. The zero-order valence-corrected chi connectivity index (χ0v) is 8.95. The summed E-state index contributed by atoms with van der Waals surface area (Å²) >= 11 is 0. The SMILES string of the molecule is O=C1COc2ccc(CNC3CC3)cc2N1. The van der Waals surface area contributed by atoms with Gasteiger partial charge in [0.2, 0.25) is 0 Å². The van der Waals surface area contributed by atoms with Gasteiger partial charge in [0.15, 0.2) is 6.61 Å². The highest BCUT2D eigenvalue weighted by molar-refractivity contribution is 5.95. The van der Waals surface area contributed by atoms with Gasteiger partial charge in [0.1, 0.15) is 5.75 Å². The first-order chi connectivity index (χ1) is 7.81. The molecule has 1 aromatic rings. The van der Waals surface area contributed by atoms with Crippen LogP contribution in [0, 0.1) is 0 Å². The molecule has 2 aliphatic rings. The maximum Gasteiger partial charge on any atom is 0.262 e. The highest BCUT2D eigenvalue weighted by Crippen LogP contribution is 2.28. The van der Waals surface area contributed by atoms with Gasteiger partial charge in [-0.2, -0.15) is 0 Å². The van der Waals surface area contributed by atoms with Crippen LogP contribution in [-0.4, -0.2) is 18.6 Å². The second kappa shape index (κ2) is 3.79. The van der Waals surface area contributed by atoms with Crippen molar-refractivity contribution in [1.29, 1.82) is 0 Å². The fraction of sp³-hybridized carbons (Fsp3) is 0.417. The van der Waals surface area contributed by atoms with E-state index in [0.29, 0.717) is 6.04 Å². The lowest BCUT2D eigenvalue weighted by Crippen LogP contribution is -2.25. The van der Waals surface area contributed by atoms with Crippen molar-refractivity contribution < 1.29 is 9.53 Å². The summed E-state index contributed by atoms with van der Waals surface area (Å²) in [5, 5.41) is 6.25. The monoisotopic (exact) mass is 218 g/mol. The molecule has 0 atom stereocenters. The summed E-state index contributed by atoms with van der Waals surface area (Å²) in [4.78, 5) is 11.2. The summed E-state index contributed by atoms with van der Waals surface area (Å²) in [6, 6.07) is 6.62. The molecule has 0 spiro atoms. The van der Waals surface area contributed by atoms with Crippen molar-refractivity contribution in [3.8, 4) is 5.75 Å². The summed E-state index contributed by atoms with van der Waals surface area (Å²) in [7, 11) is 0. The Morgan fingerprint density at radius 3 is 3.12 bits per heavy atom. The largest absolute Gasteiger partial charge is 0.482 e. The Balaban J connectivity index is 1.74. The van der Waals surface area contributed by atoms with Crippen LogP contribution in [0.25, 0.3) is 0 Å². The molecular formula is C12H14N2O2. The van der Waals surface area contributed by atoms with Crippen LogP contribution >= 0.6 is 0 Å². The van der Waals surface area contributed by atoms with Gasteiger partial charge >= 0.3 is 0 Å². The molecule has 0 unspecified atom stereocenters. The topological polar surface area (TPSA) is 50.4 Å². The Labute approximate surface area is 94.0 Å². The zero-order chi connectivity index (χ0) is 11.0. The Morgan fingerprint density at radius 2 is 2.31 bits per heavy atom. The van der Waals surface area contributed by atoms with Crippen LogP contribution in [0.15, 0.2) is 18.2 Å². The van der Waals surface area contributed by atoms with Gasteiger partial charge in [0, 0.05) is 12.6 Å². The van der Waals surface area contributed by atoms with Crippen molar-refractivity contribution in [2.24, 2.45) is 0 Å². The van der Waals surface area contributed by atoms with Crippen LogP contribution in [-0.2, 0) is 11.3 Å². The molecule has 4 heteroatoms. The summed E-state index contributed by atoms with van der Waals surface area (Å²) in [6.45, 7) is 0.973. The summed E-state index contributed by atoms with van der Waals surface area (Å²) < 4.78 is 5.30. The molecule has 16 heavy (non-hydrogen) atoms. The Kier molecular flexibility index (Phi) is 2.29. The number of fused-ring (bicyclic) bond motifs is 1. The number of hydrogen-bond donors (Lipinski definition) is 2. The molecule has 1 heterocycles. The van der Waals surface area contributed by atoms with Gasteiger partial charge in [-0.25, -0.2) is 0 Å². The number of rotatable bonds is 3. The second-order valence-corrected chi connectivity index (χ2v) is 4.32. The third-order valence-electron chi connectivity index (χ3n) is 2.85. The van der Waals surface area contributed by atoms with Gasteiger partial charge in [-0.3, -0.25) is 4.79 Å². The molecule has 0 saturated heterocycles. The van der Waals surface area contributed by atoms with E-state index in [0.717, 1.165) is 18.0 Å². The number of ether oxygens (including phenoxy) is 1. The molecule has 0 radical (unpaired) electrons. The molecule has 1 aromatic carbocycles. The van der Waals surface area contributed by atoms with E-state index in [2.05, 4.69) is 10.6 Å². The predicted molar refractivity (Wildman–Crippen MR) is 60.4 cm³/mol. The minimum Gasteiger partial charge on any atom is -0.482 e. The molecule has 1 aliphatic heterocycles. The molecule has 3 rings (SSSR count). The number of benzene rings is 1. The van der Waals surface area contributed by atoms with Crippen molar-refractivity contribution >= 4 is 11.6 Å². The van der Waals surface area contributed by atoms with E-state index in [4.69, 9.17) is 4.74 Å². The molecule has 0 bridgehead atoms. The average molecular weight is 218 g/mol. The maximum atomic E-state index is 11.2. The van der Waals surface area contributed by atoms with Crippen molar-refractivity contribution in [3.05, 3.63) is 23.8 Å². The van der Waals surface area contributed by atoms with Gasteiger partial charge < -0.3 is 15.4 Å². The van der Waals surface area contributed by atoms with Crippen molar-refractivity contribution in [1.82, 2.24) is 5.32 Å². The van der Waals surface area contributed by atoms with Crippen LogP contribution in [0.3, 0.4) is 0 Å². The minimum absolute atomic E-state index is 0.0835. The van der Waals surface area contributed by atoms with Gasteiger partial charge in [0.25, 0.3) is 5.91 Å². The predicted octanol–water partition coefficient (Wildman–Crippen LogP) is 1.27. The number of amides is 1. The van der Waals surface area contributed by atoms with Crippen LogP contribution in [0.5, 0.6) is 5.75 Å². The number of nitrogens with one attached hydrogen (secondary N) is 2. The summed E-state index contributed by atoms with van der Waals surface area (Å²) in [5.74, 6) is 0.676. The van der Waals surface area contributed by atoms with Gasteiger partial charge in [-0.05, 0) is 30.5 Å². The first kappa shape index (κ1) is 9.66. The number of carbonyl (C=O) groups is 1. The molecule has 1 fully saturated rings. The third kappa shape index (κ3) is 2.02. The van der Waals surface area contributed by atoms with Gasteiger partial charge in [-0.1, -0.05) is 6.07 Å². The van der Waals surface area contributed by atoms with E-state index in [1.807, 2.05) is 18.2 Å². The van der Waals surface area contributed by atoms with Gasteiger partial charge in [0.05, 0.1) is 5.69 Å². The lowest BCUT2D eigenvalue weighted by Gasteiger charge is -2.18. The average Bonchev–Trinajstić information content (AvgIpc) is 3.09. The van der Waals surface area contributed by atoms with E-state index >= 15 is 0 Å². The molecule has 0 aromatic heterocycles. The maximum absolute atomic E-state index is 11.2. The molecule has 1 saturated carbocycles. The first-order valence-corrected chi connectivity index (χ1v) is 5.60. The van der Waals surface area contributed by atoms with Crippen LogP contribution in [0.2, 0.25) is 0 Å². The zero-order valence-electron chi connectivity index (χ0n) is 8.95. The normalized spacial score (nSPS) is 18.6. The third-order valence-corrected chi connectivity index (χ3v) is 2.85. The minimum atomic E-state index is -0.0835. The molecular weight excluding hydrogens is 204 g/mol. The summed E-state index contributed by atoms with van der Waals surface area (Å²) in [6.07, 6.45) is 2.57. The molecule has 1 amide bonds. The van der Waals surface area contributed by atoms with Crippen molar-refractivity contribution in [2.45, 2.75) is 25.4 Å². The molecule has 1 aliphatic carbocycles. The lowest BCUT2D eigenvalue weighted by molar-refractivity contribution is -0.118. The molecule has 4 nitrogen and oxygen atoms in total. The first-order valence-electron chi connectivity index (χ1n) is 5.60. The van der Waals surface area contributed by atoms with Crippen LogP contribution in [0.4, 0.5) is 5.69 Å². The standard InChI is InChI=1S/C12H14N2O2/c15-12-7-16-11-4-1-8(5-10(11)14-12)6-13-9-2-3-9/h1,4-5,9,13H,2-3,6-7H2,(H,14,15). The quantitative estimate of drug-likeness (QED) is 0.803. The fourth-order valence-corrected chi connectivity index (χ4v) is 1.79. The molecule has 2 N–H and O–H groups in total. The Hall–Kier alpha value is -1.55. The molecule has 84 valence electrons. The van der Waals surface area contributed by atoms with E-state index in [1.165, 1.54) is 18.4 Å². The van der Waals surface area contributed by atoms with Crippen molar-refractivity contribution in [2.75, 3.05) is 11.9 Å². The number of anilines is 1. The van der Waals surface area contributed by atoms with E-state index < -0.39 is 0 Å². The summed E-state index contributed by atoms with van der Waals surface area (Å²) in [5.41, 5.74) is 1.96. The Morgan fingerprint density at radius 1 is 1.44 bits per heavy atom. The fourth-order valence-electron chi connectivity index (χ4n) is 1.79. The Bertz CT molecular complexity index is 427. The van der Waals surface area contributed by atoms with Crippen LogP contribution < -0.4 is 15.4 Å². The van der Waals surface area contributed by atoms with Gasteiger partial charge in [-0.15, -0.1) is 0 Å². The highest BCUT2D eigenvalue weighted by atomic mass is 16.5. The van der Waals surface area contributed by atoms with E-state index in [1.54, 1.807) is 0 Å². The smallest absolute Gasteiger partial charge is 0.262 e. The number of hydrogen-bond acceptors (Lipinski definition) is 3. The van der Waals surface area contributed by atoms with Crippen LogP contribution in [0.1, 0.15) is 18.4 Å². The number of carbonyl (C=O) groups excluding carboxylic acids is 1. The van der Waals surface area contributed by atoms with Crippen molar-refractivity contribution in [3.63, 3.8) is 0 Å². The second-order valence-electron chi connectivity index (χ2n) is 4.32. The highest BCUT2D eigenvalue weighted by Gasteiger charge is 2.20. The van der Waals surface area contributed by atoms with E-state index in [-0.39, 0.29) is 12.5 Å². The van der Waals surface area contributed by atoms with E-state index in [9.17, 15) is 4.79 Å².